The van der Waals surface area contributed by atoms with Gasteiger partial charge in [0.15, 0.2) is 11.9 Å². The van der Waals surface area contributed by atoms with Gasteiger partial charge in [-0.05, 0) is 0 Å². The molecule has 0 radical (unpaired) electrons. The molecule has 22 heavy (non-hydrogen) atoms. The van der Waals surface area contributed by atoms with Gasteiger partial charge in [-0.2, -0.15) is 10.2 Å². The SMILES string of the molecule is N#Cc1cn(C2O[C@H](CO)[C@@H](O)[C@H]2O)c2nc(N)nc(Cl)c12. The minimum absolute atomic E-state index is 0.00421. The molecule has 116 valence electrons. The Hall–Kier alpha value is -1.96. The van der Waals surface area contributed by atoms with Crippen molar-refractivity contribution in [3.63, 3.8) is 0 Å². The number of rotatable bonds is 2. The van der Waals surface area contributed by atoms with Gasteiger partial charge in [-0.25, -0.2) is 4.98 Å². The Balaban J connectivity index is 2.18. The van der Waals surface area contributed by atoms with Crippen LogP contribution in [0.2, 0.25) is 5.15 Å². The highest BCUT2D eigenvalue weighted by molar-refractivity contribution is 6.34. The highest BCUT2D eigenvalue weighted by atomic mass is 35.5. The van der Waals surface area contributed by atoms with E-state index < -0.39 is 31.1 Å². The van der Waals surface area contributed by atoms with Gasteiger partial charge >= 0.3 is 0 Å². The van der Waals surface area contributed by atoms with Crippen molar-refractivity contribution in [2.75, 3.05) is 12.3 Å². The molecule has 4 atom stereocenters. The molecule has 1 aliphatic heterocycles. The number of hydrogen-bond acceptors (Lipinski definition) is 8. The molecule has 1 fully saturated rings. The largest absolute Gasteiger partial charge is 0.394 e. The zero-order valence-electron chi connectivity index (χ0n) is 11.1. The molecule has 0 spiro atoms. The Morgan fingerprint density at radius 2 is 2.14 bits per heavy atom. The van der Waals surface area contributed by atoms with E-state index >= 15 is 0 Å². The number of aromatic nitrogens is 3. The number of halogens is 1. The molecule has 0 aliphatic carbocycles. The standard InChI is InChI=1S/C12H12ClN5O4/c13-9-6-4(1-14)2-18(10(6)17-12(15)16-9)11-8(21)7(20)5(3-19)22-11/h2,5,7-8,11,19-21H,3H2,(H2,15,16,17)/t5-,7-,8-,11?/m1/s1. The smallest absolute Gasteiger partial charge is 0.223 e. The zero-order chi connectivity index (χ0) is 16.0. The number of nitrogens with two attached hydrogens (primary N) is 1. The fraction of sp³-hybridized carbons (Fsp3) is 0.417. The maximum absolute atomic E-state index is 10.1. The first kappa shape index (κ1) is 15.0. The third-order valence-electron chi connectivity index (χ3n) is 3.56. The van der Waals surface area contributed by atoms with E-state index in [9.17, 15) is 15.5 Å². The molecular formula is C12H12ClN5O4. The number of fused-ring (bicyclic) bond motifs is 1. The highest BCUT2D eigenvalue weighted by Gasteiger charge is 2.44. The van der Waals surface area contributed by atoms with Crippen LogP contribution >= 0.6 is 11.6 Å². The summed E-state index contributed by atoms with van der Waals surface area (Å²) in [6.07, 6.45) is -3.19. The van der Waals surface area contributed by atoms with E-state index in [-0.39, 0.29) is 27.7 Å². The second-order valence-corrected chi connectivity index (χ2v) is 5.22. The quantitative estimate of drug-likeness (QED) is 0.521. The summed E-state index contributed by atoms with van der Waals surface area (Å²) in [7, 11) is 0. The Labute approximate surface area is 129 Å². The third-order valence-corrected chi connectivity index (χ3v) is 3.83. The fourth-order valence-electron chi connectivity index (χ4n) is 2.51. The van der Waals surface area contributed by atoms with Crippen LogP contribution < -0.4 is 5.73 Å². The van der Waals surface area contributed by atoms with E-state index in [1.54, 1.807) is 0 Å². The maximum atomic E-state index is 10.1. The number of hydrogen-bond donors (Lipinski definition) is 4. The number of nitrogens with zero attached hydrogens (tertiary/aromatic N) is 4. The molecule has 1 unspecified atom stereocenters. The molecule has 2 aromatic rings. The van der Waals surface area contributed by atoms with E-state index in [1.165, 1.54) is 10.8 Å². The Morgan fingerprint density at radius 1 is 1.41 bits per heavy atom. The number of aliphatic hydroxyl groups is 3. The summed E-state index contributed by atoms with van der Waals surface area (Å²) < 4.78 is 6.77. The lowest BCUT2D eigenvalue weighted by atomic mass is 10.1. The average molecular weight is 326 g/mol. The van der Waals surface area contributed by atoms with Gasteiger partial charge in [-0.15, -0.1) is 0 Å². The molecule has 3 heterocycles. The predicted molar refractivity (Wildman–Crippen MR) is 74.7 cm³/mol. The molecule has 9 nitrogen and oxygen atoms in total. The van der Waals surface area contributed by atoms with Crippen LogP contribution in [-0.2, 0) is 4.74 Å². The molecule has 3 rings (SSSR count). The minimum atomic E-state index is -1.31. The first-order chi connectivity index (χ1) is 10.5. The lowest BCUT2D eigenvalue weighted by molar-refractivity contribution is -0.0508. The van der Waals surface area contributed by atoms with Crippen LogP contribution in [0.15, 0.2) is 6.20 Å². The first-order valence-corrected chi connectivity index (χ1v) is 6.71. The van der Waals surface area contributed by atoms with Crippen LogP contribution in [0.3, 0.4) is 0 Å². The topological polar surface area (TPSA) is 150 Å². The minimum Gasteiger partial charge on any atom is -0.394 e. The van der Waals surface area contributed by atoms with Crippen molar-refractivity contribution < 1.29 is 20.1 Å². The van der Waals surface area contributed by atoms with Gasteiger partial charge in [0.05, 0.1) is 17.6 Å². The van der Waals surface area contributed by atoms with E-state index in [0.717, 1.165) is 0 Å². The number of nitriles is 1. The van der Waals surface area contributed by atoms with Gasteiger partial charge in [-0.1, -0.05) is 11.6 Å². The van der Waals surface area contributed by atoms with E-state index in [0.29, 0.717) is 0 Å². The lowest BCUT2D eigenvalue weighted by Gasteiger charge is -2.17. The van der Waals surface area contributed by atoms with E-state index in [1.807, 2.05) is 6.07 Å². The average Bonchev–Trinajstić information content (AvgIpc) is 2.98. The molecule has 2 aromatic heterocycles. The molecule has 5 N–H and O–H groups in total. The molecule has 0 bridgehead atoms. The third kappa shape index (κ3) is 2.09. The van der Waals surface area contributed by atoms with Crippen LogP contribution in [0.1, 0.15) is 11.8 Å². The monoisotopic (exact) mass is 325 g/mol. The number of nitrogen functional groups attached to an aromatic ring is 1. The number of anilines is 1. The van der Waals surface area contributed by atoms with Crippen LogP contribution in [0.4, 0.5) is 5.95 Å². The second-order valence-electron chi connectivity index (χ2n) is 4.86. The predicted octanol–water partition coefficient (Wildman–Crippen LogP) is -0.850. The van der Waals surface area contributed by atoms with Crippen molar-refractivity contribution in [2.45, 2.75) is 24.5 Å². The van der Waals surface area contributed by atoms with Gasteiger partial charge in [0.1, 0.15) is 29.5 Å². The lowest BCUT2D eigenvalue weighted by Crippen LogP contribution is -2.33. The molecule has 1 saturated heterocycles. The van der Waals surface area contributed by atoms with Crippen LogP contribution in [0.5, 0.6) is 0 Å². The van der Waals surface area contributed by atoms with E-state index in [4.69, 9.17) is 27.2 Å². The van der Waals surface area contributed by atoms with Gasteiger partial charge < -0.3 is 30.4 Å². The van der Waals surface area contributed by atoms with Crippen molar-refractivity contribution in [1.82, 2.24) is 14.5 Å². The molecule has 0 amide bonds. The van der Waals surface area contributed by atoms with Crippen molar-refractivity contribution in [3.05, 3.63) is 16.9 Å². The first-order valence-electron chi connectivity index (χ1n) is 6.34. The summed E-state index contributed by atoms with van der Waals surface area (Å²) in [5.74, 6) is -0.104. The van der Waals surface area contributed by atoms with E-state index in [2.05, 4.69) is 9.97 Å². The summed E-state index contributed by atoms with van der Waals surface area (Å²) in [5.41, 5.74) is 5.94. The molecule has 0 saturated carbocycles. The highest BCUT2D eigenvalue weighted by Crippen LogP contribution is 2.35. The van der Waals surface area contributed by atoms with Gasteiger partial charge in [0, 0.05) is 6.20 Å². The van der Waals surface area contributed by atoms with Crippen molar-refractivity contribution >= 4 is 28.6 Å². The Morgan fingerprint density at radius 3 is 2.73 bits per heavy atom. The molecular weight excluding hydrogens is 314 g/mol. The molecule has 1 aliphatic rings. The van der Waals surface area contributed by atoms with Crippen molar-refractivity contribution in [3.8, 4) is 6.07 Å². The fourth-order valence-corrected chi connectivity index (χ4v) is 2.78. The summed E-state index contributed by atoms with van der Waals surface area (Å²) in [6, 6.07) is 1.95. The summed E-state index contributed by atoms with van der Waals surface area (Å²) in [4.78, 5) is 7.81. The van der Waals surface area contributed by atoms with Gasteiger partial charge in [-0.3, -0.25) is 0 Å². The number of ether oxygens (including phenoxy) is 1. The number of aliphatic hydroxyl groups excluding tert-OH is 3. The molecule has 10 heteroatoms. The maximum Gasteiger partial charge on any atom is 0.223 e. The second kappa shape index (κ2) is 5.35. The normalized spacial score (nSPS) is 28.1. The van der Waals surface area contributed by atoms with Gasteiger partial charge in [0.25, 0.3) is 0 Å². The summed E-state index contributed by atoms with van der Waals surface area (Å²) >= 11 is 6.00. The Bertz CT molecular complexity index is 773. The summed E-state index contributed by atoms with van der Waals surface area (Å²) in [5, 5.41) is 38.6. The Kier molecular flexibility index (Phi) is 3.64. The van der Waals surface area contributed by atoms with Crippen LogP contribution in [-0.4, -0.2) is 54.8 Å². The zero-order valence-corrected chi connectivity index (χ0v) is 11.8. The van der Waals surface area contributed by atoms with Crippen LogP contribution in [0.25, 0.3) is 11.0 Å². The van der Waals surface area contributed by atoms with Gasteiger partial charge in [0.2, 0.25) is 5.95 Å². The van der Waals surface area contributed by atoms with Crippen molar-refractivity contribution in [2.24, 2.45) is 0 Å². The molecule has 0 aromatic carbocycles. The van der Waals surface area contributed by atoms with Crippen LogP contribution in [0, 0.1) is 11.3 Å². The van der Waals surface area contributed by atoms with Crippen molar-refractivity contribution in [1.29, 1.82) is 5.26 Å². The summed E-state index contributed by atoms with van der Waals surface area (Å²) in [6.45, 7) is -0.461.